The Hall–Kier alpha value is -2.72. The fraction of sp³-hybridized carbons (Fsp3) is 0. The number of hydrogen-bond donors (Lipinski definition) is 1. The van der Waals surface area contributed by atoms with Gasteiger partial charge in [0.15, 0.2) is 0 Å². The minimum atomic E-state index is -0.436. The molecule has 0 fully saturated rings. The molecule has 0 saturated carbocycles. The van der Waals surface area contributed by atoms with Crippen molar-refractivity contribution in [1.82, 2.24) is 0 Å². The molecule has 3 aromatic carbocycles. The smallest absolute Gasteiger partial charge is 0.295 e. The predicted octanol–water partition coefficient (Wildman–Crippen LogP) is 5.12. The van der Waals surface area contributed by atoms with Gasteiger partial charge in [0.05, 0.1) is 10.7 Å². The summed E-state index contributed by atoms with van der Waals surface area (Å²) in [5, 5.41) is 19.1. The highest BCUT2D eigenvalue weighted by Crippen LogP contribution is 2.38. The molecule has 1 N–H and O–H groups in total. The van der Waals surface area contributed by atoms with Crippen LogP contribution in [0.15, 0.2) is 70.9 Å². The van der Waals surface area contributed by atoms with Gasteiger partial charge < -0.3 is 5.11 Å². The minimum absolute atomic E-state index is 0.00870. The van der Waals surface area contributed by atoms with Crippen LogP contribution in [0, 0.1) is 0 Å². The Balaban J connectivity index is 2.03. The van der Waals surface area contributed by atoms with E-state index in [1.807, 2.05) is 12.1 Å². The first kappa shape index (κ1) is 14.2. The molecule has 0 aliphatic heterocycles. The summed E-state index contributed by atoms with van der Waals surface area (Å²) in [7, 11) is 0. The average molecular weight is 311 g/mol. The molecule has 4 nitrogen and oxygen atoms in total. The van der Waals surface area contributed by atoms with Crippen LogP contribution in [0.5, 0.6) is 5.75 Å². The molecule has 0 unspecified atom stereocenters. The normalized spacial score (nSPS) is 11.1. The Bertz CT molecular complexity index is 876. The quantitative estimate of drug-likeness (QED) is 0.667. The molecule has 0 saturated heterocycles. The number of aromatic hydroxyl groups is 1. The van der Waals surface area contributed by atoms with Crippen molar-refractivity contribution in [3.05, 3.63) is 71.2 Å². The number of hydrogen-bond acceptors (Lipinski definition) is 3. The lowest BCUT2D eigenvalue weighted by atomic mass is 10.1. The van der Waals surface area contributed by atoms with Crippen LogP contribution in [0.25, 0.3) is 10.8 Å². The molecule has 0 heterocycles. The lowest BCUT2D eigenvalue weighted by Gasteiger charge is -2.05. The maximum atomic E-state index is 12.0. The van der Waals surface area contributed by atoms with Crippen LogP contribution in [0.4, 0.5) is 5.69 Å². The number of carbonyl (C=O) groups is 1. The first-order valence-corrected chi connectivity index (χ1v) is 6.96. The number of rotatable bonds is 2. The summed E-state index contributed by atoms with van der Waals surface area (Å²) in [6.45, 7) is 0. The van der Waals surface area contributed by atoms with Crippen molar-refractivity contribution in [2.24, 2.45) is 10.2 Å². The maximum absolute atomic E-state index is 12.0. The van der Waals surface area contributed by atoms with Crippen molar-refractivity contribution in [1.29, 1.82) is 0 Å². The second kappa shape index (κ2) is 5.95. The van der Waals surface area contributed by atoms with Crippen molar-refractivity contribution >= 4 is 34.0 Å². The highest BCUT2D eigenvalue weighted by Gasteiger charge is 2.10. The number of benzene rings is 3. The molecule has 0 aliphatic rings. The van der Waals surface area contributed by atoms with E-state index in [-0.39, 0.29) is 10.8 Å². The third-order valence-corrected chi connectivity index (χ3v) is 3.51. The summed E-state index contributed by atoms with van der Waals surface area (Å²) in [6.07, 6.45) is 0. The molecule has 1 amide bonds. The van der Waals surface area contributed by atoms with E-state index in [9.17, 15) is 9.90 Å². The van der Waals surface area contributed by atoms with E-state index in [0.717, 1.165) is 0 Å². The van der Waals surface area contributed by atoms with E-state index in [2.05, 4.69) is 10.2 Å². The molecule has 0 radical (unpaired) electrons. The highest BCUT2D eigenvalue weighted by atomic mass is 35.5. The monoisotopic (exact) mass is 310 g/mol. The highest BCUT2D eigenvalue weighted by molar-refractivity contribution is 6.33. The van der Waals surface area contributed by atoms with Crippen molar-refractivity contribution in [2.75, 3.05) is 0 Å². The van der Waals surface area contributed by atoms with E-state index < -0.39 is 5.91 Å². The summed E-state index contributed by atoms with van der Waals surface area (Å²) in [4.78, 5) is 12.0. The van der Waals surface area contributed by atoms with E-state index >= 15 is 0 Å². The second-order valence-electron chi connectivity index (χ2n) is 4.64. The summed E-state index contributed by atoms with van der Waals surface area (Å²) >= 11 is 5.99. The van der Waals surface area contributed by atoms with Crippen LogP contribution < -0.4 is 0 Å². The zero-order valence-electron chi connectivity index (χ0n) is 11.4. The van der Waals surface area contributed by atoms with Crippen LogP contribution in [0.2, 0.25) is 5.02 Å². The standard InChI is InChI=1S/C17H11ClN2O2/c18-14-10-15(12-8-4-5-9-13(12)16(14)21)19-20-17(22)11-6-2-1-3-7-11/h1-10,21H. The van der Waals surface area contributed by atoms with Crippen molar-refractivity contribution in [2.45, 2.75) is 0 Å². The number of amides is 1. The number of nitrogens with zero attached hydrogens (tertiary/aromatic N) is 2. The topological polar surface area (TPSA) is 62.0 Å². The van der Waals surface area contributed by atoms with Gasteiger partial charge in [0.1, 0.15) is 5.75 Å². The van der Waals surface area contributed by atoms with Gasteiger partial charge in [-0.15, -0.1) is 10.2 Å². The molecule has 3 aromatic rings. The summed E-state index contributed by atoms with van der Waals surface area (Å²) in [6, 6.07) is 17.3. The van der Waals surface area contributed by atoms with E-state index in [1.54, 1.807) is 42.5 Å². The van der Waals surface area contributed by atoms with Crippen molar-refractivity contribution in [3.63, 3.8) is 0 Å². The van der Waals surface area contributed by atoms with Gasteiger partial charge >= 0.3 is 0 Å². The number of fused-ring (bicyclic) bond motifs is 1. The number of halogens is 1. The number of carbonyl (C=O) groups excluding carboxylic acids is 1. The lowest BCUT2D eigenvalue weighted by Crippen LogP contribution is -1.92. The minimum Gasteiger partial charge on any atom is -0.506 e. The molecule has 5 heteroatoms. The van der Waals surface area contributed by atoms with Crippen LogP contribution in [-0.4, -0.2) is 11.0 Å². The summed E-state index contributed by atoms with van der Waals surface area (Å²) in [5.74, 6) is -0.445. The Morgan fingerprint density at radius 2 is 1.59 bits per heavy atom. The molecule has 0 bridgehead atoms. The Kier molecular flexibility index (Phi) is 3.85. The van der Waals surface area contributed by atoms with Crippen molar-refractivity contribution < 1.29 is 9.90 Å². The van der Waals surface area contributed by atoms with E-state index in [0.29, 0.717) is 22.0 Å². The second-order valence-corrected chi connectivity index (χ2v) is 5.05. The molecule has 22 heavy (non-hydrogen) atoms. The predicted molar refractivity (Wildman–Crippen MR) is 85.9 cm³/mol. The van der Waals surface area contributed by atoms with Crippen LogP contribution >= 0.6 is 11.6 Å². The van der Waals surface area contributed by atoms with Gasteiger partial charge in [-0.1, -0.05) is 54.1 Å². The van der Waals surface area contributed by atoms with E-state index in [4.69, 9.17) is 11.6 Å². The molecule has 3 rings (SSSR count). The van der Waals surface area contributed by atoms with Crippen LogP contribution in [0.1, 0.15) is 10.4 Å². The molecular weight excluding hydrogens is 300 g/mol. The zero-order chi connectivity index (χ0) is 15.5. The third-order valence-electron chi connectivity index (χ3n) is 3.22. The van der Waals surface area contributed by atoms with Gasteiger partial charge in [-0.3, -0.25) is 4.79 Å². The largest absolute Gasteiger partial charge is 0.506 e. The maximum Gasteiger partial charge on any atom is 0.295 e. The third kappa shape index (κ3) is 2.69. The Morgan fingerprint density at radius 3 is 2.32 bits per heavy atom. The van der Waals surface area contributed by atoms with Gasteiger partial charge in [-0.2, -0.15) is 0 Å². The SMILES string of the molecule is O=C(N=Nc1cc(Cl)c(O)c2ccccc12)c1ccccc1. The fourth-order valence-electron chi connectivity index (χ4n) is 2.13. The first-order valence-electron chi connectivity index (χ1n) is 6.58. The Labute approximate surface area is 131 Å². The summed E-state index contributed by atoms with van der Waals surface area (Å²) < 4.78 is 0. The van der Waals surface area contributed by atoms with Crippen LogP contribution in [-0.2, 0) is 0 Å². The summed E-state index contributed by atoms with van der Waals surface area (Å²) in [5.41, 5.74) is 0.892. The van der Waals surface area contributed by atoms with Gasteiger partial charge in [0, 0.05) is 16.3 Å². The number of phenols is 1. The molecule has 0 atom stereocenters. The van der Waals surface area contributed by atoms with Crippen molar-refractivity contribution in [3.8, 4) is 5.75 Å². The van der Waals surface area contributed by atoms with Gasteiger partial charge in [-0.05, 0) is 18.2 Å². The lowest BCUT2D eigenvalue weighted by molar-refractivity contribution is 0.0995. The van der Waals surface area contributed by atoms with E-state index in [1.165, 1.54) is 6.07 Å². The Morgan fingerprint density at radius 1 is 0.955 bits per heavy atom. The molecule has 0 aromatic heterocycles. The fourth-order valence-corrected chi connectivity index (χ4v) is 2.33. The van der Waals surface area contributed by atoms with Gasteiger partial charge in [-0.25, -0.2) is 0 Å². The molecule has 0 spiro atoms. The van der Waals surface area contributed by atoms with Crippen LogP contribution in [0.3, 0.4) is 0 Å². The first-order chi connectivity index (χ1) is 10.7. The number of azo groups is 1. The van der Waals surface area contributed by atoms with Gasteiger partial charge in [0.25, 0.3) is 5.91 Å². The number of phenolic OH excluding ortho intramolecular Hbond substituents is 1. The zero-order valence-corrected chi connectivity index (χ0v) is 12.2. The van der Waals surface area contributed by atoms with Gasteiger partial charge in [0.2, 0.25) is 0 Å². The average Bonchev–Trinajstić information content (AvgIpc) is 2.57. The molecule has 0 aliphatic carbocycles. The molecular formula is C17H11ClN2O2. The molecule has 108 valence electrons.